The molecular formula is C10H14O4P+. The molecule has 82 valence electrons. The highest BCUT2D eigenvalue weighted by atomic mass is 31.1. The first-order chi connectivity index (χ1) is 7.33. The lowest BCUT2D eigenvalue weighted by atomic mass is 10.3. The highest BCUT2D eigenvalue weighted by molar-refractivity contribution is 7.33. The first kappa shape index (κ1) is 12.1. The number of hydrogen-bond donors (Lipinski definition) is 1. The van der Waals surface area contributed by atoms with Crippen LogP contribution in [0.25, 0.3) is 0 Å². The molecule has 1 aromatic rings. The van der Waals surface area contributed by atoms with E-state index in [1.807, 2.05) is 6.07 Å². The Morgan fingerprint density at radius 1 is 1.20 bits per heavy atom. The second-order valence-corrected chi connectivity index (χ2v) is 3.78. The second-order valence-electron chi connectivity index (χ2n) is 2.89. The third kappa shape index (κ3) is 5.47. The number of aliphatic hydroxyl groups is 1. The quantitative estimate of drug-likeness (QED) is 0.576. The van der Waals surface area contributed by atoms with Crippen molar-refractivity contribution in [2.24, 2.45) is 0 Å². The Morgan fingerprint density at radius 2 is 1.93 bits per heavy atom. The Hall–Kier alpha value is -0.960. The molecule has 0 aliphatic carbocycles. The average molecular weight is 229 g/mol. The molecule has 0 bridgehead atoms. The highest BCUT2D eigenvalue weighted by Crippen LogP contribution is 2.27. The summed E-state index contributed by atoms with van der Waals surface area (Å²) in [5.74, 6) is 0.528. The van der Waals surface area contributed by atoms with Gasteiger partial charge < -0.3 is 5.11 Å². The molecule has 0 aromatic heterocycles. The highest BCUT2D eigenvalue weighted by Gasteiger charge is 2.21. The number of benzene rings is 1. The molecule has 0 saturated heterocycles. The van der Waals surface area contributed by atoms with Crippen LogP contribution in [0.3, 0.4) is 0 Å². The molecule has 1 aromatic carbocycles. The maximum absolute atomic E-state index is 11.2. The minimum Gasteiger partial charge on any atom is -0.396 e. The topological polar surface area (TPSA) is 55.8 Å². The predicted molar refractivity (Wildman–Crippen MR) is 56.9 cm³/mol. The number of hydrogen-bond acceptors (Lipinski definition) is 4. The summed E-state index contributed by atoms with van der Waals surface area (Å²) < 4.78 is 21.2. The summed E-state index contributed by atoms with van der Waals surface area (Å²) >= 11 is 0. The first-order valence-electron chi connectivity index (χ1n) is 4.77. The largest absolute Gasteiger partial charge is 0.750 e. The third-order valence-electron chi connectivity index (χ3n) is 1.67. The van der Waals surface area contributed by atoms with Gasteiger partial charge in [0, 0.05) is 11.2 Å². The van der Waals surface area contributed by atoms with Gasteiger partial charge >= 0.3 is 8.25 Å². The summed E-state index contributed by atoms with van der Waals surface area (Å²) in [5.41, 5.74) is 0. The van der Waals surface area contributed by atoms with Gasteiger partial charge in [-0.05, 0) is 25.0 Å². The lowest BCUT2D eigenvalue weighted by molar-refractivity contribution is 0.244. The fraction of sp³-hybridized carbons (Fsp3) is 0.400. The fourth-order valence-electron chi connectivity index (χ4n) is 0.947. The van der Waals surface area contributed by atoms with Gasteiger partial charge in [0.2, 0.25) is 0 Å². The molecule has 0 radical (unpaired) electrons. The van der Waals surface area contributed by atoms with Crippen molar-refractivity contribution in [3.63, 3.8) is 0 Å². The van der Waals surface area contributed by atoms with Crippen LogP contribution in [-0.2, 0) is 9.09 Å². The van der Waals surface area contributed by atoms with Crippen LogP contribution in [0.4, 0.5) is 0 Å². The van der Waals surface area contributed by atoms with Crippen molar-refractivity contribution in [2.45, 2.75) is 12.8 Å². The Bertz CT molecular complexity index is 289. The number of aliphatic hydroxyl groups excluding tert-OH is 1. The predicted octanol–water partition coefficient (Wildman–Crippen LogP) is 2.51. The van der Waals surface area contributed by atoms with Crippen molar-refractivity contribution in [3.05, 3.63) is 30.3 Å². The van der Waals surface area contributed by atoms with Crippen LogP contribution in [0, 0.1) is 0 Å². The van der Waals surface area contributed by atoms with E-state index in [1.165, 1.54) is 0 Å². The van der Waals surface area contributed by atoms with E-state index < -0.39 is 8.25 Å². The molecule has 4 nitrogen and oxygen atoms in total. The molecule has 1 rings (SSSR count). The Balaban J connectivity index is 2.19. The smallest absolute Gasteiger partial charge is 0.396 e. The zero-order valence-corrected chi connectivity index (χ0v) is 9.23. The van der Waals surface area contributed by atoms with Crippen molar-refractivity contribution in [3.8, 4) is 5.75 Å². The van der Waals surface area contributed by atoms with Crippen molar-refractivity contribution < 1.29 is 18.7 Å². The molecule has 1 atom stereocenters. The van der Waals surface area contributed by atoms with E-state index in [4.69, 9.17) is 14.2 Å². The summed E-state index contributed by atoms with van der Waals surface area (Å²) in [4.78, 5) is 0. The lowest BCUT2D eigenvalue weighted by Gasteiger charge is -1.92. The van der Waals surface area contributed by atoms with E-state index in [9.17, 15) is 4.57 Å². The number of para-hydroxylation sites is 1. The van der Waals surface area contributed by atoms with E-state index >= 15 is 0 Å². The average Bonchev–Trinajstić information content (AvgIpc) is 2.26. The summed E-state index contributed by atoms with van der Waals surface area (Å²) in [6, 6.07) is 8.87. The van der Waals surface area contributed by atoms with Crippen LogP contribution in [0.5, 0.6) is 5.75 Å². The minimum atomic E-state index is -2.11. The molecule has 0 fully saturated rings. The standard InChI is InChI=1S/C10H14O4P/c11-8-4-5-9-13-15(12)14-10-6-2-1-3-7-10/h1-3,6-7,11H,4-5,8-9H2/q+1. The fourth-order valence-corrected chi connectivity index (χ4v) is 1.57. The van der Waals surface area contributed by atoms with Gasteiger partial charge in [-0.1, -0.05) is 18.2 Å². The molecule has 0 aliphatic rings. The Kier molecular flexibility index (Phi) is 5.93. The maximum Gasteiger partial charge on any atom is 0.750 e. The van der Waals surface area contributed by atoms with Crippen molar-refractivity contribution >= 4 is 8.25 Å². The van der Waals surface area contributed by atoms with Crippen LogP contribution in [0.2, 0.25) is 0 Å². The van der Waals surface area contributed by atoms with E-state index in [-0.39, 0.29) is 6.61 Å². The molecule has 0 aliphatic heterocycles. The minimum absolute atomic E-state index is 0.125. The van der Waals surface area contributed by atoms with Crippen LogP contribution in [-0.4, -0.2) is 18.3 Å². The van der Waals surface area contributed by atoms with Gasteiger partial charge in [0.1, 0.15) is 6.61 Å². The van der Waals surface area contributed by atoms with Crippen molar-refractivity contribution in [2.75, 3.05) is 13.2 Å². The Labute approximate surface area is 89.8 Å². The SMILES string of the molecule is O=[P+](OCCCCO)Oc1ccccc1. The van der Waals surface area contributed by atoms with Crippen LogP contribution in [0.15, 0.2) is 30.3 Å². The van der Waals surface area contributed by atoms with Crippen LogP contribution in [0.1, 0.15) is 12.8 Å². The number of rotatable bonds is 7. The summed E-state index contributed by atoms with van der Waals surface area (Å²) in [5, 5.41) is 8.51. The molecule has 5 heteroatoms. The van der Waals surface area contributed by atoms with Gasteiger partial charge in [-0.15, -0.1) is 4.52 Å². The summed E-state index contributed by atoms with van der Waals surface area (Å²) in [6.45, 7) is 0.461. The molecule has 0 saturated carbocycles. The van der Waals surface area contributed by atoms with E-state index in [0.29, 0.717) is 25.2 Å². The van der Waals surface area contributed by atoms with Crippen molar-refractivity contribution in [1.29, 1.82) is 0 Å². The monoisotopic (exact) mass is 229 g/mol. The van der Waals surface area contributed by atoms with Gasteiger partial charge in [0.25, 0.3) is 0 Å². The first-order valence-corrected chi connectivity index (χ1v) is 5.86. The normalized spacial score (nSPS) is 11.1. The van der Waals surface area contributed by atoms with Crippen molar-refractivity contribution in [1.82, 2.24) is 0 Å². The second kappa shape index (κ2) is 7.35. The van der Waals surface area contributed by atoms with Crippen LogP contribution >= 0.6 is 8.25 Å². The molecular weight excluding hydrogens is 215 g/mol. The molecule has 15 heavy (non-hydrogen) atoms. The van der Waals surface area contributed by atoms with Gasteiger partial charge in [-0.2, -0.15) is 0 Å². The zero-order chi connectivity index (χ0) is 10.9. The van der Waals surface area contributed by atoms with E-state index in [0.717, 1.165) is 0 Å². The molecule has 0 heterocycles. The summed E-state index contributed by atoms with van der Waals surface area (Å²) in [7, 11) is -2.11. The molecule has 1 unspecified atom stereocenters. The van der Waals surface area contributed by atoms with E-state index in [1.54, 1.807) is 24.3 Å². The molecule has 0 amide bonds. The van der Waals surface area contributed by atoms with Gasteiger partial charge in [-0.25, -0.2) is 4.52 Å². The third-order valence-corrected chi connectivity index (χ3v) is 2.43. The maximum atomic E-state index is 11.2. The van der Waals surface area contributed by atoms with E-state index in [2.05, 4.69) is 0 Å². The summed E-state index contributed by atoms with van der Waals surface area (Å²) in [6.07, 6.45) is 1.32. The molecule has 0 spiro atoms. The molecule has 1 N–H and O–H groups in total. The van der Waals surface area contributed by atoms with Gasteiger partial charge in [0.15, 0.2) is 5.75 Å². The Morgan fingerprint density at radius 3 is 2.60 bits per heavy atom. The zero-order valence-electron chi connectivity index (χ0n) is 8.33. The number of unbranched alkanes of at least 4 members (excludes halogenated alkanes) is 1. The van der Waals surface area contributed by atoms with Gasteiger partial charge in [-0.3, -0.25) is 0 Å². The van der Waals surface area contributed by atoms with Gasteiger partial charge in [0.05, 0.1) is 0 Å². The lowest BCUT2D eigenvalue weighted by Crippen LogP contribution is -1.92. The van der Waals surface area contributed by atoms with Crippen LogP contribution < -0.4 is 4.52 Å².